The monoisotopic (exact) mass is 267 g/mol. The SMILES string of the molecule is CNC(C)(CCCN(C)Cc1nccn1C)C(N)=O. The van der Waals surface area contributed by atoms with E-state index in [1.54, 1.807) is 13.2 Å². The van der Waals surface area contributed by atoms with Crippen molar-refractivity contribution in [2.75, 3.05) is 20.6 Å². The quantitative estimate of drug-likeness (QED) is 0.700. The van der Waals surface area contributed by atoms with Crippen LogP contribution in [0.2, 0.25) is 0 Å². The van der Waals surface area contributed by atoms with Gasteiger partial charge < -0.3 is 15.6 Å². The van der Waals surface area contributed by atoms with E-state index in [9.17, 15) is 4.79 Å². The molecule has 1 heterocycles. The average molecular weight is 267 g/mol. The molecule has 0 aliphatic rings. The first-order chi connectivity index (χ1) is 8.89. The molecule has 108 valence electrons. The maximum Gasteiger partial charge on any atom is 0.237 e. The summed E-state index contributed by atoms with van der Waals surface area (Å²) in [5.41, 5.74) is 4.78. The first-order valence-corrected chi connectivity index (χ1v) is 6.52. The normalized spacial score (nSPS) is 14.6. The molecular formula is C13H25N5O. The maximum atomic E-state index is 11.4. The molecule has 1 atom stereocenters. The first kappa shape index (κ1) is 15.7. The Kier molecular flexibility index (Phi) is 5.50. The number of aryl methyl sites for hydroxylation is 1. The molecule has 1 aromatic rings. The minimum Gasteiger partial charge on any atom is -0.368 e. The van der Waals surface area contributed by atoms with E-state index in [1.807, 2.05) is 24.7 Å². The number of nitrogens with zero attached hydrogens (tertiary/aromatic N) is 3. The van der Waals surface area contributed by atoms with E-state index in [0.717, 1.165) is 31.8 Å². The summed E-state index contributed by atoms with van der Waals surface area (Å²) in [6.45, 7) is 3.54. The number of primary amides is 1. The van der Waals surface area contributed by atoms with Gasteiger partial charge in [-0.1, -0.05) is 0 Å². The minimum absolute atomic E-state index is 0.304. The van der Waals surface area contributed by atoms with Crippen molar-refractivity contribution in [2.24, 2.45) is 12.8 Å². The van der Waals surface area contributed by atoms with Gasteiger partial charge in [0.1, 0.15) is 5.82 Å². The Morgan fingerprint density at radius 3 is 2.79 bits per heavy atom. The van der Waals surface area contributed by atoms with Gasteiger partial charge in [-0.3, -0.25) is 9.69 Å². The van der Waals surface area contributed by atoms with Crippen LogP contribution in [0.25, 0.3) is 0 Å². The lowest BCUT2D eigenvalue weighted by Crippen LogP contribution is -2.51. The van der Waals surface area contributed by atoms with Crippen molar-refractivity contribution in [3.05, 3.63) is 18.2 Å². The summed E-state index contributed by atoms with van der Waals surface area (Å²) in [6.07, 6.45) is 5.37. The Morgan fingerprint density at radius 2 is 2.32 bits per heavy atom. The number of amides is 1. The molecule has 0 fully saturated rings. The van der Waals surface area contributed by atoms with Gasteiger partial charge in [-0.05, 0) is 40.4 Å². The Balaban J connectivity index is 2.37. The largest absolute Gasteiger partial charge is 0.368 e. The van der Waals surface area contributed by atoms with Crippen LogP contribution in [0.15, 0.2) is 12.4 Å². The number of rotatable bonds is 8. The molecule has 0 saturated heterocycles. The number of hydrogen-bond donors (Lipinski definition) is 2. The molecule has 1 rings (SSSR count). The lowest BCUT2D eigenvalue weighted by molar-refractivity contribution is -0.123. The minimum atomic E-state index is -0.621. The molecule has 1 aromatic heterocycles. The van der Waals surface area contributed by atoms with Gasteiger partial charge in [0, 0.05) is 19.4 Å². The molecule has 6 heteroatoms. The van der Waals surface area contributed by atoms with Crippen LogP contribution < -0.4 is 11.1 Å². The van der Waals surface area contributed by atoms with Gasteiger partial charge in [0.2, 0.25) is 5.91 Å². The van der Waals surface area contributed by atoms with E-state index in [2.05, 4.69) is 22.2 Å². The van der Waals surface area contributed by atoms with Crippen LogP contribution in [0.4, 0.5) is 0 Å². The van der Waals surface area contributed by atoms with Crippen LogP contribution >= 0.6 is 0 Å². The predicted octanol–water partition coefficient (Wildman–Crippen LogP) is 0.0955. The highest BCUT2D eigenvalue weighted by Gasteiger charge is 2.28. The highest BCUT2D eigenvalue weighted by atomic mass is 16.1. The van der Waals surface area contributed by atoms with Crippen LogP contribution in [0, 0.1) is 0 Å². The maximum absolute atomic E-state index is 11.4. The molecule has 0 bridgehead atoms. The van der Waals surface area contributed by atoms with Gasteiger partial charge >= 0.3 is 0 Å². The zero-order valence-electron chi connectivity index (χ0n) is 12.3. The molecule has 0 radical (unpaired) electrons. The van der Waals surface area contributed by atoms with Crippen LogP contribution in [-0.4, -0.2) is 46.5 Å². The van der Waals surface area contributed by atoms with E-state index in [1.165, 1.54) is 0 Å². The van der Waals surface area contributed by atoms with Gasteiger partial charge in [-0.25, -0.2) is 4.98 Å². The van der Waals surface area contributed by atoms with E-state index >= 15 is 0 Å². The second kappa shape index (κ2) is 6.68. The Bertz CT molecular complexity index is 417. The zero-order chi connectivity index (χ0) is 14.5. The van der Waals surface area contributed by atoms with E-state index in [4.69, 9.17) is 5.73 Å². The summed E-state index contributed by atoms with van der Waals surface area (Å²) in [6, 6.07) is 0. The van der Waals surface area contributed by atoms with Crippen molar-refractivity contribution >= 4 is 5.91 Å². The number of carbonyl (C=O) groups excluding carboxylic acids is 1. The molecule has 0 saturated carbocycles. The Labute approximate surface area is 115 Å². The average Bonchev–Trinajstić information content (AvgIpc) is 2.74. The third-order valence-corrected chi connectivity index (χ3v) is 3.64. The summed E-state index contributed by atoms with van der Waals surface area (Å²) in [4.78, 5) is 17.8. The molecular weight excluding hydrogens is 242 g/mol. The standard InChI is InChI=1S/C13H25N5O/c1-13(15-2,12(14)19)6-5-8-17(3)10-11-16-7-9-18(11)4/h7,9,15H,5-6,8,10H2,1-4H3,(H2,14,19). The Hall–Kier alpha value is -1.40. The van der Waals surface area contributed by atoms with Gasteiger partial charge in [-0.15, -0.1) is 0 Å². The second-order valence-electron chi connectivity index (χ2n) is 5.24. The molecule has 19 heavy (non-hydrogen) atoms. The molecule has 0 aliphatic heterocycles. The molecule has 0 spiro atoms. The van der Waals surface area contributed by atoms with Gasteiger partial charge in [0.25, 0.3) is 0 Å². The fraction of sp³-hybridized carbons (Fsp3) is 0.692. The van der Waals surface area contributed by atoms with Crippen molar-refractivity contribution in [1.29, 1.82) is 0 Å². The lowest BCUT2D eigenvalue weighted by Gasteiger charge is -2.26. The van der Waals surface area contributed by atoms with Gasteiger partial charge in [0.15, 0.2) is 0 Å². The molecule has 0 aromatic carbocycles. The topological polar surface area (TPSA) is 76.2 Å². The van der Waals surface area contributed by atoms with Crippen molar-refractivity contribution in [1.82, 2.24) is 19.8 Å². The summed E-state index contributed by atoms with van der Waals surface area (Å²) in [5, 5.41) is 3.00. The second-order valence-corrected chi connectivity index (χ2v) is 5.24. The van der Waals surface area contributed by atoms with Crippen LogP contribution in [0.3, 0.4) is 0 Å². The van der Waals surface area contributed by atoms with E-state index in [-0.39, 0.29) is 5.91 Å². The number of carbonyl (C=O) groups is 1. The number of nitrogens with two attached hydrogens (primary N) is 1. The summed E-state index contributed by atoms with van der Waals surface area (Å²) < 4.78 is 2.01. The molecule has 0 aliphatic carbocycles. The summed E-state index contributed by atoms with van der Waals surface area (Å²) in [7, 11) is 5.80. The molecule has 1 amide bonds. The van der Waals surface area contributed by atoms with E-state index in [0.29, 0.717) is 0 Å². The highest BCUT2D eigenvalue weighted by molar-refractivity contribution is 5.84. The number of hydrogen-bond acceptors (Lipinski definition) is 4. The number of nitrogens with one attached hydrogen (secondary N) is 1. The third-order valence-electron chi connectivity index (χ3n) is 3.64. The van der Waals surface area contributed by atoms with Crippen LogP contribution in [0.1, 0.15) is 25.6 Å². The smallest absolute Gasteiger partial charge is 0.237 e. The number of likely N-dealkylation sites (N-methyl/N-ethyl adjacent to an activating group) is 1. The van der Waals surface area contributed by atoms with Gasteiger partial charge in [-0.2, -0.15) is 0 Å². The zero-order valence-corrected chi connectivity index (χ0v) is 12.3. The highest BCUT2D eigenvalue weighted by Crippen LogP contribution is 2.12. The summed E-state index contributed by atoms with van der Waals surface area (Å²) >= 11 is 0. The number of aromatic nitrogens is 2. The van der Waals surface area contributed by atoms with Crippen LogP contribution in [0.5, 0.6) is 0 Å². The first-order valence-electron chi connectivity index (χ1n) is 6.52. The fourth-order valence-electron chi connectivity index (χ4n) is 1.94. The fourth-order valence-corrected chi connectivity index (χ4v) is 1.94. The van der Waals surface area contributed by atoms with Crippen molar-refractivity contribution in [3.8, 4) is 0 Å². The van der Waals surface area contributed by atoms with Crippen LogP contribution in [-0.2, 0) is 18.4 Å². The van der Waals surface area contributed by atoms with E-state index < -0.39 is 5.54 Å². The van der Waals surface area contributed by atoms with Crippen molar-refractivity contribution < 1.29 is 4.79 Å². The van der Waals surface area contributed by atoms with Gasteiger partial charge in [0.05, 0.1) is 12.1 Å². The molecule has 1 unspecified atom stereocenters. The molecule has 6 nitrogen and oxygen atoms in total. The predicted molar refractivity (Wildman–Crippen MR) is 75.4 cm³/mol. The number of imidazole rings is 1. The molecule has 3 N–H and O–H groups in total. The Morgan fingerprint density at radius 1 is 1.63 bits per heavy atom. The van der Waals surface area contributed by atoms with Crippen molar-refractivity contribution in [3.63, 3.8) is 0 Å². The van der Waals surface area contributed by atoms with Crippen molar-refractivity contribution in [2.45, 2.75) is 31.8 Å². The third kappa shape index (κ3) is 4.33. The lowest BCUT2D eigenvalue weighted by atomic mass is 9.95. The summed E-state index contributed by atoms with van der Waals surface area (Å²) in [5.74, 6) is 0.732.